The van der Waals surface area contributed by atoms with Gasteiger partial charge in [0.2, 0.25) is 5.75 Å². The molecule has 3 heterocycles. The number of rotatable bonds is 7. The maximum Gasteiger partial charge on any atom is 0.296 e. The molecule has 1 saturated heterocycles. The van der Waals surface area contributed by atoms with Gasteiger partial charge in [0.15, 0.2) is 23.0 Å². The van der Waals surface area contributed by atoms with Crippen molar-refractivity contribution in [2.45, 2.75) is 12.6 Å². The van der Waals surface area contributed by atoms with Crippen LogP contribution >= 0.6 is 0 Å². The lowest BCUT2D eigenvalue weighted by Gasteiger charge is -2.26. The van der Waals surface area contributed by atoms with E-state index in [-0.39, 0.29) is 17.9 Å². The number of likely N-dealkylation sites (tertiary alicyclic amines) is 1. The van der Waals surface area contributed by atoms with Crippen LogP contribution in [0.5, 0.6) is 28.7 Å². The Morgan fingerprint density at radius 1 is 0.973 bits per heavy atom. The first-order valence-electron chi connectivity index (χ1n) is 11.5. The molecule has 0 bridgehead atoms. The molecule has 1 atom stereocenters. The highest BCUT2D eigenvalue weighted by Gasteiger charge is 2.47. The molecule has 0 aliphatic carbocycles. The number of amides is 1. The number of carbonyl (C=O) groups excluding carboxylic acids is 2. The van der Waals surface area contributed by atoms with E-state index in [1.54, 1.807) is 42.5 Å². The van der Waals surface area contributed by atoms with Gasteiger partial charge in [-0.1, -0.05) is 0 Å². The summed E-state index contributed by atoms with van der Waals surface area (Å²) in [5.74, 6) is 0.483. The third-order valence-electron chi connectivity index (χ3n) is 6.26. The van der Waals surface area contributed by atoms with Gasteiger partial charge < -0.3 is 38.1 Å². The molecular weight excluding hydrogens is 482 g/mol. The highest BCUT2D eigenvalue weighted by atomic mass is 16.6. The van der Waals surface area contributed by atoms with Gasteiger partial charge in [0, 0.05) is 5.56 Å². The second-order valence-electron chi connectivity index (χ2n) is 8.32. The predicted octanol–water partition coefficient (Wildman–Crippen LogP) is 3.70. The van der Waals surface area contributed by atoms with Gasteiger partial charge in [-0.05, 0) is 48.0 Å². The molecule has 5 rings (SSSR count). The minimum atomic E-state index is -0.980. The summed E-state index contributed by atoms with van der Waals surface area (Å²) in [5.41, 5.74) is 0.680. The first-order chi connectivity index (χ1) is 18.0. The topological polar surface area (TPSA) is 117 Å². The van der Waals surface area contributed by atoms with E-state index in [1.165, 1.54) is 32.5 Å². The maximum atomic E-state index is 13.4. The van der Waals surface area contributed by atoms with E-state index in [9.17, 15) is 14.7 Å². The number of hydrogen-bond acceptors (Lipinski definition) is 9. The van der Waals surface area contributed by atoms with Crippen molar-refractivity contribution < 1.29 is 42.8 Å². The van der Waals surface area contributed by atoms with Gasteiger partial charge in [-0.25, -0.2) is 0 Å². The lowest BCUT2D eigenvalue weighted by Crippen LogP contribution is -2.29. The van der Waals surface area contributed by atoms with Crippen LogP contribution in [-0.4, -0.2) is 56.2 Å². The molecule has 1 amide bonds. The summed E-state index contributed by atoms with van der Waals surface area (Å²) >= 11 is 0. The summed E-state index contributed by atoms with van der Waals surface area (Å²) in [7, 11) is 4.41. The van der Waals surface area contributed by atoms with Crippen LogP contribution in [0, 0.1) is 0 Å². The van der Waals surface area contributed by atoms with Crippen LogP contribution in [0.4, 0.5) is 0 Å². The molecular formula is C27H25NO9. The minimum Gasteiger partial charge on any atom is -0.507 e. The van der Waals surface area contributed by atoms with Crippen molar-refractivity contribution in [3.8, 4) is 28.7 Å². The van der Waals surface area contributed by atoms with E-state index >= 15 is 0 Å². The van der Waals surface area contributed by atoms with Crippen LogP contribution in [0.15, 0.2) is 58.7 Å². The quantitative estimate of drug-likeness (QED) is 0.290. The molecule has 1 N–H and O–H groups in total. The van der Waals surface area contributed by atoms with Crippen molar-refractivity contribution in [3.05, 3.63) is 71.2 Å². The molecule has 37 heavy (non-hydrogen) atoms. The van der Waals surface area contributed by atoms with E-state index in [0.717, 1.165) is 0 Å². The molecule has 2 aliphatic rings. The lowest BCUT2D eigenvalue weighted by atomic mass is 9.94. The number of aliphatic hydroxyl groups excluding tert-OH is 1. The van der Waals surface area contributed by atoms with E-state index in [1.807, 2.05) is 0 Å². The fourth-order valence-electron chi connectivity index (χ4n) is 4.57. The largest absolute Gasteiger partial charge is 0.507 e. The van der Waals surface area contributed by atoms with Crippen LogP contribution in [0.2, 0.25) is 0 Å². The number of aliphatic hydroxyl groups is 1. The molecule has 3 aromatic rings. The Labute approximate surface area is 212 Å². The van der Waals surface area contributed by atoms with Crippen LogP contribution in [-0.2, 0) is 16.1 Å². The monoisotopic (exact) mass is 507 g/mol. The van der Waals surface area contributed by atoms with Gasteiger partial charge in [0.1, 0.15) is 24.7 Å². The van der Waals surface area contributed by atoms with Gasteiger partial charge in [0.25, 0.3) is 11.7 Å². The number of Topliss-reactive ketones (excluding diaryl/α,β-unsaturated/α-hetero) is 1. The minimum absolute atomic E-state index is 0.00316. The second kappa shape index (κ2) is 9.81. The Balaban J connectivity index is 1.69. The number of ketones is 1. The maximum absolute atomic E-state index is 13.4. The van der Waals surface area contributed by atoms with Gasteiger partial charge >= 0.3 is 0 Å². The number of carbonyl (C=O) groups is 2. The highest BCUT2D eigenvalue weighted by molar-refractivity contribution is 6.46. The van der Waals surface area contributed by atoms with Crippen LogP contribution in [0.1, 0.15) is 22.9 Å². The third kappa shape index (κ3) is 4.20. The van der Waals surface area contributed by atoms with E-state index in [4.69, 9.17) is 28.1 Å². The molecule has 10 heteroatoms. The fourth-order valence-corrected chi connectivity index (χ4v) is 4.57. The first kappa shape index (κ1) is 24.1. The van der Waals surface area contributed by atoms with Gasteiger partial charge in [-0.3, -0.25) is 9.59 Å². The smallest absolute Gasteiger partial charge is 0.296 e. The summed E-state index contributed by atoms with van der Waals surface area (Å²) in [6.07, 6.45) is 1.48. The Kier molecular flexibility index (Phi) is 6.39. The summed E-state index contributed by atoms with van der Waals surface area (Å²) in [5, 5.41) is 11.4. The Morgan fingerprint density at radius 2 is 1.68 bits per heavy atom. The molecule has 2 aromatic carbocycles. The SMILES string of the molecule is COc1cc([C@@H]2C(=C(O)c3ccc4c(c3)OCCO4)C(=O)C(=O)N2Cc2ccco2)cc(OC)c1OC. The second-order valence-corrected chi connectivity index (χ2v) is 8.32. The number of nitrogens with zero attached hydrogens (tertiary/aromatic N) is 1. The van der Waals surface area contributed by atoms with E-state index < -0.39 is 17.7 Å². The van der Waals surface area contributed by atoms with Gasteiger partial charge in [-0.2, -0.15) is 0 Å². The van der Waals surface area contributed by atoms with Crippen LogP contribution in [0.3, 0.4) is 0 Å². The molecule has 2 aliphatic heterocycles. The van der Waals surface area contributed by atoms with Crippen LogP contribution < -0.4 is 23.7 Å². The Morgan fingerprint density at radius 3 is 2.30 bits per heavy atom. The number of furan rings is 1. The van der Waals surface area contributed by atoms with Gasteiger partial charge in [0.05, 0.1) is 45.8 Å². The molecule has 0 unspecified atom stereocenters. The fraction of sp³-hybridized carbons (Fsp3) is 0.259. The molecule has 0 saturated carbocycles. The zero-order valence-electron chi connectivity index (χ0n) is 20.5. The molecule has 1 fully saturated rings. The number of benzene rings is 2. The van der Waals surface area contributed by atoms with Crippen molar-refractivity contribution in [1.29, 1.82) is 0 Å². The molecule has 0 radical (unpaired) electrons. The summed E-state index contributed by atoms with van der Waals surface area (Å²) in [6.45, 7) is 0.768. The first-order valence-corrected chi connectivity index (χ1v) is 11.5. The molecule has 1 aromatic heterocycles. The average Bonchev–Trinajstić information content (AvgIpc) is 3.53. The number of fused-ring (bicyclic) bond motifs is 1. The lowest BCUT2D eigenvalue weighted by molar-refractivity contribution is -0.140. The number of hydrogen-bond donors (Lipinski definition) is 1. The van der Waals surface area contributed by atoms with Crippen molar-refractivity contribution in [3.63, 3.8) is 0 Å². The zero-order chi connectivity index (χ0) is 26.1. The average molecular weight is 507 g/mol. The van der Waals surface area contributed by atoms with Crippen molar-refractivity contribution in [1.82, 2.24) is 4.90 Å². The zero-order valence-corrected chi connectivity index (χ0v) is 20.5. The van der Waals surface area contributed by atoms with E-state index in [0.29, 0.717) is 58.8 Å². The normalized spacial score (nSPS) is 18.1. The molecule has 0 spiro atoms. The third-order valence-corrected chi connectivity index (χ3v) is 6.26. The van der Waals surface area contributed by atoms with Gasteiger partial charge in [-0.15, -0.1) is 0 Å². The van der Waals surface area contributed by atoms with Crippen molar-refractivity contribution >= 4 is 17.4 Å². The van der Waals surface area contributed by atoms with Crippen LogP contribution in [0.25, 0.3) is 5.76 Å². The Hall–Kier alpha value is -4.60. The highest BCUT2D eigenvalue weighted by Crippen LogP contribution is 2.46. The summed E-state index contributed by atoms with van der Waals surface area (Å²) in [6, 6.07) is 10.5. The van der Waals surface area contributed by atoms with Crippen molar-refractivity contribution in [2.24, 2.45) is 0 Å². The summed E-state index contributed by atoms with van der Waals surface area (Å²) < 4.78 is 33.1. The standard InChI is InChI=1S/C27H25NO9/c1-32-20-12-16(13-21(33-2)26(20)34-3)23-22(25(30)27(31)28(23)14-17-5-4-8-35-17)24(29)15-6-7-18-19(11-15)37-10-9-36-18/h4-8,11-13,23,29H,9-10,14H2,1-3H3/t23-/m1/s1. The molecule has 10 nitrogen and oxygen atoms in total. The number of ether oxygens (including phenoxy) is 5. The molecule has 192 valence electrons. The van der Waals surface area contributed by atoms with E-state index in [2.05, 4.69) is 0 Å². The Bertz CT molecular complexity index is 1350. The van der Waals surface area contributed by atoms with Crippen molar-refractivity contribution in [2.75, 3.05) is 34.5 Å². The number of methoxy groups -OCH3 is 3. The summed E-state index contributed by atoms with van der Waals surface area (Å²) in [4.78, 5) is 28.0. The predicted molar refractivity (Wildman–Crippen MR) is 130 cm³/mol.